The molecular formula is C10H16N4O6S. The van der Waals surface area contributed by atoms with Crippen molar-refractivity contribution >= 4 is 42.7 Å². The standard InChI is InChI=1S/C10H16N4O6S/c15-5-11-1-7(16)12-2-8(17)13-3-9(18)14-6(4-21)10(19)20/h5-6,21H,1-4H2,(H,11,15)(H,12,16)(H,13,17)(H,14,18)(H,19,20)/t6-/m0/s1. The van der Waals surface area contributed by atoms with Crippen LogP contribution < -0.4 is 21.3 Å². The van der Waals surface area contributed by atoms with Gasteiger partial charge < -0.3 is 26.4 Å². The van der Waals surface area contributed by atoms with Crippen LogP contribution >= 0.6 is 12.6 Å². The second-order valence-electron chi connectivity index (χ2n) is 3.69. The van der Waals surface area contributed by atoms with Crippen molar-refractivity contribution in [3.63, 3.8) is 0 Å². The van der Waals surface area contributed by atoms with Gasteiger partial charge in [-0.05, 0) is 0 Å². The smallest absolute Gasteiger partial charge is 0.327 e. The van der Waals surface area contributed by atoms with Gasteiger partial charge in [0, 0.05) is 5.75 Å². The van der Waals surface area contributed by atoms with Crippen LogP contribution in [0, 0.1) is 0 Å². The van der Waals surface area contributed by atoms with E-state index in [1.54, 1.807) is 0 Å². The summed E-state index contributed by atoms with van der Waals surface area (Å²) in [6, 6.07) is -1.15. The zero-order valence-electron chi connectivity index (χ0n) is 10.9. The first-order valence-electron chi connectivity index (χ1n) is 5.74. The molecule has 118 valence electrons. The Morgan fingerprint density at radius 2 is 1.52 bits per heavy atom. The molecule has 0 saturated carbocycles. The average Bonchev–Trinajstić information content (AvgIpc) is 2.45. The van der Waals surface area contributed by atoms with Gasteiger partial charge in [-0.1, -0.05) is 0 Å². The summed E-state index contributed by atoms with van der Waals surface area (Å²) in [7, 11) is 0. The summed E-state index contributed by atoms with van der Waals surface area (Å²) < 4.78 is 0. The Labute approximate surface area is 125 Å². The van der Waals surface area contributed by atoms with E-state index in [9.17, 15) is 24.0 Å². The van der Waals surface area contributed by atoms with Crippen LogP contribution in [0.25, 0.3) is 0 Å². The van der Waals surface area contributed by atoms with Gasteiger partial charge in [-0.15, -0.1) is 0 Å². The summed E-state index contributed by atoms with van der Waals surface area (Å²) in [5.41, 5.74) is 0. The third kappa shape index (κ3) is 9.27. The molecule has 10 nitrogen and oxygen atoms in total. The molecule has 0 aromatic carbocycles. The molecule has 0 fully saturated rings. The lowest BCUT2D eigenvalue weighted by Gasteiger charge is -2.12. The lowest BCUT2D eigenvalue weighted by molar-refractivity contribution is -0.141. The topological polar surface area (TPSA) is 154 Å². The van der Waals surface area contributed by atoms with E-state index in [4.69, 9.17) is 5.11 Å². The summed E-state index contributed by atoms with van der Waals surface area (Å²) in [5.74, 6) is -3.22. The minimum absolute atomic E-state index is 0.0885. The lowest BCUT2D eigenvalue weighted by atomic mass is 10.3. The van der Waals surface area contributed by atoms with Crippen molar-refractivity contribution in [1.82, 2.24) is 21.3 Å². The number of aliphatic carboxylic acids is 1. The maximum absolute atomic E-state index is 11.3. The zero-order valence-corrected chi connectivity index (χ0v) is 11.8. The second kappa shape index (κ2) is 10.5. The monoisotopic (exact) mass is 320 g/mol. The minimum Gasteiger partial charge on any atom is -0.480 e. The van der Waals surface area contributed by atoms with Crippen LogP contribution in [0.15, 0.2) is 0 Å². The van der Waals surface area contributed by atoms with Gasteiger partial charge in [0.2, 0.25) is 24.1 Å². The fourth-order valence-corrected chi connectivity index (χ4v) is 1.30. The highest BCUT2D eigenvalue weighted by Gasteiger charge is 2.18. The number of carbonyl (C=O) groups is 5. The van der Waals surface area contributed by atoms with Gasteiger partial charge in [-0.2, -0.15) is 12.6 Å². The summed E-state index contributed by atoms with van der Waals surface area (Å²) >= 11 is 3.76. The Balaban J connectivity index is 3.92. The first-order valence-corrected chi connectivity index (χ1v) is 6.37. The number of rotatable bonds is 10. The van der Waals surface area contributed by atoms with E-state index in [1.807, 2.05) is 0 Å². The summed E-state index contributed by atoms with van der Waals surface area (Å²) in [4.78, 5) is 54.2. The van der Waals surface area contributed by atoms with Crippen molar-refractivity contribution in [2.75, 3.05) is 25.4 Å². The van der Waals surface area contributed by atoms with Crippen LogP contribution in [0.5, 0.6) is 0 Å². The Morgan fingerprint density at radius 3 is 2.00 bits per heavy atom. The van der Waals surface area contributed by atoms with Crippen LogP contribution in [-0.4, -0.2) is 66.6 Å². The van der Waals surface area contributed by atoms with E-state index in [-0.39, 0.29) is 18.8 Å². The molecule has 0 aromatic heterocycles. The molecule has 21 heavy (non-hydrogen) atoms. The molecule has 0 spiro atoms. The molecule has 0 aliphatic heterocycles. The Hall–Kier alpha value is -2.30. The largest absolute Gasteiger partial charge is 0.480 e. The molecular weight excluding hydrogens is 304 g/mol. The SMILES string of the molecule is O=CNCC(=O)NCC(=O)NCC(=O)N[C@@H](CS)C(=O)O. The molecule has 11 heteroatoms. The molecule has 0 unspecified atom stereocenters. The number of carboxylic acid groups (broad SMARTS) is 1. The van der Waals surface area contributed by atoms with E-state index >= 15 is 0 Å². The highest BCUT2D eigenvalue weighted by atomic mass is 32.1. The van der Waals surface area contributed by atoms with E-state index in [0.717, 1.165) is 0 Å². The molecule has 1 atom stereocenters. The van der Waals surface area contributed by atoms with Gasteiger partial charge in [0.15, 0.2) is 0 Å². The Morgan fingerprint density at radius 1 is 1.00 bits per heavy atom. The first-order chi connectivity index (χ1) is 9.90. The Kier molecular flexibility index (Phi) is 9.33. The molecule has 4 amide bonds. The van der Waals surface area contributed by atoms with Crippen LogP contribution in [0.4, 0.5) is 0 Å². The number of nitrogens with one attached hydrogen (secondary N) is 4. The molecule has 0 aliphatic carbocycles. The average molecular weight is 320 g/mol. The highest BCUT2D eigenvalue weighted by molar-refractivity contribution is 7.80. The molecule has 0 rings (SSSR count). The molecule has 0 aromatic rings. The number of thiol groups is 1. The molecule has 0 bridgehead atoms. The van der Waals surface area contributed by atoms with Crippen molar-refractivity contribution in [1.29, 1.82) is 0 Å². The van der Waals surface area contributed by atoms with Gasteiger partial charge in [0.05, 0.1) is 19.6 Å². The number of amides is 4. The van der Waals surface area contributed by atoms with Gasteiger partial charge in [0.1, 0.15) is 6.04 Å². The fourth-order valence-electron chi connectivity index (χ4n) is 1.05. The normalized spacial score (nSPS) is 10.9. The maximum Gasteiger partial charge on any atom is 0.327 e. The van der Waals surface area contributed by atoms with E-state index in [1.165, 1.54) is 0 Å². The second-order valence-corrected chi connectivity index (χ2v) is 4.06. The van der Waals surface area contributed by atoms with Crippen LogP contribution in [0.1, 0.15) is 0 Å². The third-order valence-corrected chi connectivity index (χ3v) is 2.42. The van der Waals surface area contributed by atoms with Gasteiger partial charge in [-0.25, -0.2) is 4.79 Å². The number of carboxylic acids is 1. The molecule has 0 radical (unpaired) electrons. The number of carbonyl (C=O) groups excluding carboxylic acids is 4. The predicted molar refractivity (Wildman–Crippen MR) is 73.5 cm³/mol. The number of hydrogen-bond donors (Lipinski definition) is 6. The zero-order chi connectivity index (χ0) is 16.3. The van der Waals surface area contributed by atoms with Gasteiger partial charge in [0.25, 0.3) is 0 Å². The molecule has 0 saturated heterocycles. The summed E-state index contributed by atoms with van der Waals surface area (Å²) in [6.07, 6.45) is 0.338. The van der Waals surface area contributed by atoms with Gasteiger partial charge in [-0.3, -0.25) is 19.2 Å². The van der Waals surface area contributed by atoms with E-state index in [0.29, 0.717) is 6.41 Å². The predicted octanol–water partition coefficient (Wildman–Crippen LogP) is -3.54. The summed E-state index contributed by atoms with van der Waals surface area (Å²) in [5, 5.41) is 17.3. The number of hydrogen-bond acceptors (Lipinski definition) is 6. The van der Waals surface area contributed by atoms with Crippen molar-refractivity contribution in [2.24, 2.45) is 0 Å². The third-order valence-electron chi connectivity index (χ3n) is 2.05. The van der Waals surface area contributed by atoms with Crippen LogP contribution in [0.3, 0.4) is 0 Å². The van der Waals surface area contributed by atoms with Crippen LogP contribution in [0.2, 0.25) is 0 Å². The van der Waals surface area contributed by atoms with Crippen molar-refractivity contribution < 1.29 is 29.1 Å². The molecule has 5 N–H and O–H groups in total. The van der Waals surface area contributed by atoms with E-state index < -0.39 is 36.3 Å². The first kappa shape index (κ1) is 18.7. The fraction of sp³-hybridized carbons (Fsp3) is 0.500. The van der Waals surface area contributed by atoms with Gasteiger partial charge >= 0.3 is 5.97 Å². The van der Waals surface area contributed by atoms with Crippen molar-refractivity contribution in [3.8, 4) is 0 Å². The highest BCUT2D eigenvalue weighted by Crippen LogP contribution is 1.87. The minimum atomic E-state index is -1.24. The lowest BCUT2D eigenvalue weighted by Crippen LogP contribution is -2.48. The Bertz CT molecular complexity index is 416. The molecule has 0 aliphatic rings. The van der Waals surface area contributed by atoms with Crippen molar-refractivity contribution in [3.05, 3.63) is 0 Å². The maximum atomic E-state index is 11.3. The quantitative estimate of drug-likeness (QED) is 0.181. The van der Waals surface area contributed by atoms with E-state index in [2.05, 4.69) is 33.9 Å². The van der Waals surface area contributed by atoms with Crippen LogP contribution in [-0.2, 0) is 24.0 Å². The van der Waals surface area contributed by atoms with Crippen molar-refractivity contribution in [2.45, 2.75) is 6.04 Å². The molecule has 0 heterocycles. The summed E-state index contributed by atoms with van der Waals surface area (Å²) in [6.45, 7) is -1.07.